The van der Waals surface area contributed by atoms with E-state index in [1.54, 1.807) is 6.07 Å². The van der Waals surface area contributed by atoms with Crippen LogP contribution in [0.25, 0.3) is 0 Å². The van der Waals surface area contributed by atoms with Gasteiger partial charge in [-0.25, -0.2) is 0 Å². The van der Waals surface area contributed by atoms with Crippen LogP contribution in [0.5, 0.6) is 0 Å². The van der Waals surface area contributed by atoms with Gasteiger partial charge in [-0.1, -0.05) is 29.3 Å². The minimum absolute atomic E-state index is 0.123. The fourth-order valence-electron chi connectivity index (χ4n) is 2.06. The Balaban J connectivity index is 2.20. The van der Waals surface area contributed by atoms with E-state index in [-0.39, 0.29) is 12.0 Å². The number of hydrogen-bond acceptors (Lipinski definition) is 2. The lowest BCUT2D eigenvalue weighted by molar-refractivity contribution is 0.356. The van der Waals surface area contributed by atoms with Crippen LogP contribution in [-0.2, 0) is 0 Å². The molecule has 1 heterocycles. The summed E-state index contributed by atoms with van der Waals surface area (Å²) in [4.78, 5) is 0. The van der Waals surface area contributed by atoms with E-state index in [1.165, 1.54) is 0 Å². The molecule has 1 N–H and O–H groups in total. The molecule has 0 bridgehead atoms. The van der Waals surface area contributed by atoms with Gasteiger partial charge in [-0.05, 0) is 37.1 Å². The van der Waals surface area contributed by atoms with Gasteiger partial charge in [-0.15, -0.1) is 0 Å². The lowest BCUT2D eigenvalue weighted by Gasteiger charge is -2.27. The Kier molecular flexibility index (Phi) is 3.70. The van der Waals surface area contributed by atoms with Crippen molar-refractivity contribution in [3.63, 3.8) is 0 Å². The van der Waals surface area contributed by atoms with Crippen molar-refractivity contribution in [3.05, 3.63) is 33.8 Å². The molecule has 0 saturated carbocycles. The summed E-state index contributed by atoms with van der Waals surface area (Å²) in [7, 11) is 0. The molecule has 1 aliphatic heterocycles. The van der Waals surface area contributed by atoms with Crippen LogP contribution < -0.4 is 5.32 Å². The number of nitrogens with zero attached hydrogens (tertiary/aromatic N) is 1. The first-order valence-corrected chi connectivity index (χ1v) is 6.04. The average molecular weight is 255 g/mol. The number of piperidine rings is 1. The number of rotatable bonds is 1. The second-order valence-corrected chi connectivity index (χ2v) is 4.87. The maximum absolute atomic E-state index is 8.94. The Morgan fingerprint density at radius 1 is 1.38 bits per heavy atom. The van der Waals surface area contributed by atoms with Crippen molar-refractivity contribution in [2.24, 2.45) is 5.92 Å². The van der Waals surface area contributed by atoms with Crippen LogP contribution in [0.2, 0.25) is 10.0 Å². The van der Waals surface area contributed by atoms with E-state index in [4.69, 9.17) is 28.5 Å². The molecule has 0 spiro atoms. The Hall–Kier alpha value is -0.750. The highest BCUT2D eigenvalue weighted by Gasteiger charge is 2.23. The summed E-state index contributed by atoms with van der Waals surface area (Å²) < 4.78 is 0. The molecule has 2 rings (SSSR count). The van der Waals surface area contributed by atoms with Crippen LogP contribution >= 0.6 is 23.2 Å². The van der Waals surface area contributed by atoms with Crippen molar-refractivity contribution < 1.29 is 0 Å². The third-order valence-corrected chi connectivity index (χ3v) is 3.49. The first-order chi connectivity index (χ1) is 7.70. The van der Waals surface area contributed by atoms with Crippen LogP contribution in [-0.4, -0.2) is 6.54 Å². The maximum Gasteiger partial charge on any atom is 0.0657 e. The molecule has 1 aromatic rings. The molecule has 1 saturated heterocycles. The van der Waals surface area contributed by atoms with Gasteiger partial charge < -0.3 is 5.32 Å². The standard InChI is InChI=1S/C12H12Cl2N2/c13-9-1-2-10(11(14)6-9)12-5-8(7-15)3-4-16-12/h1-2,6,8,12,16H,3-5H2. The number of nitriles is 1. The molecular formula is C12H12Cl2N2. The fourth-order valence-corrected chi connectivity index (χ4v) is 2.60. The van der Waals surface area contributed by atoms with Crippen molar-refractivity contribution >= 4 is 23.2 Å². The van der Waals surface area contributed by atoms with Gasteiger partial charge in [0.1, 0.15) is 0 Å². The molecule has 0 radical (unpaired) electrons. The van der Waals surface area contributed by atoms with Crippen LogP contribution in [0.1, 0.15) is 24.4 Å². The zero-order valence-electron chi connectivity index (χ0n) is 8.71. The summed E-state index contributed by atoms with van der Waals surface area (Å²) >= 11 is 12.0. The SMILES string of the molecule is N#CC1CCNC(c2ccc(Cl)cc2Cl)C1. The lowest BCUT2D eigenvalue weighted by Crippen LogP contribution is -2.31. The van der Waals surface area contributed by atoms with E-state index in [0.29, 0.717) is 10.0 Å². The van der Waals surface area contributed by atoms with Gasteiger partial charge in [0.25, 0.3) is 0 Å². The molecule has 0 aromatic heterocycles. The normalized spacial score (nSPS) is 25.1. The second kappa shape index (κ2) is 5.05. The molecule has 16 heavy (non-hydrogen) atoms. The fraction of sp³-hybridized carbons (Fsp3) is 0.417. The molecule has 4 heteroatoms. The first-order valence-electron chi connectivity index (χ1n) is 5.28. The molecule has 0 amide bonds. The van der Waals surface area contributed by atoms with E-state index in [9.17, 15) is 0 Å². The number of nitrogens with one attached hydrogen (secondary N) is 1. The number of hydrogen-bond donors (Lipinski definition) is 1. The highest BCUT2D eigenvalue weighted by Crippen LogP contribution is 2.32. The van der Waals surface area contributed by atoms with Crippen LogP contribution in [0, 0.1) is 17.2 Å². The molecular weight excluding hydrogens is 243 g/mol. The van der Waals surface area contributed by atoms with Gasteiger partial charge in [0.2, 0.25) is 0 Å². The smallest absolute Gasteiger partial charge is 0.0657 e. The van der Waals surface area contributed by atoms with Crippen molar-refractivity contribution in [1.29, 1.82) is 5.26 Å². The number of benzene rings is 1. The zero-order valence-corrected chi connectivity index (χ0v) is 10.2. The van der Waals surface area contributed by atoms with Crippen molar-refractivity contribution in [1.82, 2.24) is 5.32 Å². The van der Waals surface area contributed by atoms with E-state index >= 15 is 0 Å². The Morgan fingerprint density at radius 3 is 2.88 bits per heavy atom. The predicted molar refractivity (Wildman–Crippen MR) is 65.5 cm³/mol. The second-order valence-electron chi connectivity index (χ2n) is 4.02. The maximum atomic E-state index is 8.94. The zero-order chi connectivity index (χ0) is 11.5. The molecule has 2 atom stereocenters. The van der Waals surface area contributed by atoms with Gasteiger partial charge >= 0.3 is 0 Å². The monoisotopic (exact) mass is 254 g/mol. The predicted octanol–water partition coefficient (Wildman–Crippen LogP) is 3.56. The molecule has 1 aromatic carbocycles. The van der Waals surface area contributed by atoms with E-state index in [1.807, 2.05) is 12.1 Å². The van der Waals surface area contributed by atoms with Crippen molar-refractivity contribution in [3.8, 4) is 6.07 Å². The van der Waals surface area contributed by atoms with E-state index < -0.39 is 0 Å². The van der Waals surface area contributed by atoms with Gasteiger partial charge in [0.15, 0.2) is 0 Å². The van der Waals surface area contributed by atoms with Crippen LogP contribution in [0.4, 0.5) is 0 Å². The Bertz CT molecular complexity index is 426. The summed E-state index contributed by atoms with van der Waals surface area (Å²) in [5, 5.41) is 13.6. The highest BCUT2D eigenvalue weighted by molar-refractivity contribution is 6.35. The van der Waals surface area contributed by atoms with Gasteiger partial charge in [-0.3, -0.25) is 0 Å². The number of halogens is 2. The third-order valence-electron chi connectivity index (χ3n) is 2.92. The molecule has 1 fully saturated rings. The molecule has 2 unspecified atom stereocenters. The van der Waals surface area contributed by atoms with E-state index in [0.717, 1.165) is 24.9 Å². The lowest BCUT2D eigenvalue weighted by atomic mass is 9.90. The largest absolute Gasteiger partial charge is 0.310 e. The quantitative estimate of drug-likeness (QED) is 0.832. The highest BCUT2D eigenvalue weighted by atomic mass is 35.5. The van der Waals surface area contributed by atoms with Gasteiger partial charge in [0, 0.05) is 22.0 Å². The topological polar surface area (TPSA) is 35.8 Å². The summed E-state index contributed by atoms with van der Waals surface area (Å²) in [6.07, 6.45) is 1.73. The van der Waals surface area contributed by atoms with E-state index in [2.05, 4.69) is 11.4 Å². The first kappa shape index (κ1) is 11.7. The summed E-state index contributed by atoms with van der Waals surface area (Å²) in [5.41, 5.74) is 1.03. The molecule has 2 nitrogen and oxygen atoms in total. The molecule has 1 aliphatic rings. The summed E-state index contributed by atoms with van der Waals surface area (Å²) in [6, 6.07) is 8.01. The van der Waals surface area contributed by atoms with Gasteiger partial charge in [0.05, 0.1) is 6.07 Å². The summed E-state index contributed by atoms with van der Waals surface area (Å²) in [6.45, 7) is 0.863. The molecule has 0 aliphatic carbocycles. The third kappa shape index (κ3) is 2.49. The van der Waals surface area contributed by atoms with Crippen LogP contribution in [0.15, 0.2) is 18.2 Å². The Labute approximate surface area is 105 Å². The minimum Gasteiger partial charge on any atom is -0.310 e. The minimum atomic E-state index is 0.123. The Morgan fingerprint density at radius 2 is 2.19 bits per heavy atom. The average Bonchev–Trinajstić information content (AvgIpc) is 2.29. The molecule has 84 valence electrons. The van der Waals surface area contributed by atoms with Crippen molar-refractivity contribution in [2.45, 2.75) is 18.9 Å². The summed E-state index contributed by atoms with van der Waals surface area (Å²) in [5.74, 6) is 0.123. The van der Waals surface area contributed by atoms with Gasteiger partial charge in [-0.2, -0.15) is 5.26 Å². The van der Waals surface area contributed by atoms with Crippen LogP contribution in [0.3, 0.4) is 0 Å². The van der Waals surface area contributed by atoms with Crippen molar-refractivity contribution in [2.75, 3.05) is 6.54 Å².